The summed E-state index contributed by atoms with van der Waals surface area (Å²) in [6, 6.07) is 0. The maximum Gasteiger partial charge on any atom is -0.00231 e. The van der Waals surface area contributed by atoms with Crippen molar-refractivity contribution in [2.45, 2.75) is 33.1 Å². The van der Waals surface area contributed by atoms with E-state index in [4.69, 9.17) is 5.73 Å². The van der Waals surface area contributed by atoms with Crippen LogP contribution < -0.4 is 5.73 Å². The fourth-order valence-electron chi connectivity index (χ4n) is 1.83. The zero-order chi connectivity index (χ0) is 6.91. The summed E-state index contributed by atoms with van der Waals surface area (Å²) < 4.78 is 0. The predicted molar refractivity (Wildman–Crippen MR) is 40.2 cm³/mol. The second-order valence-corrected chi connectivity index (χ2v) is 3.86. The van der Waals surface area contributed by atoms with Crippen molar-refractivity contribution >= 4 is 0 Å². The minimum Gasteiger partial charge on any atom is -0.330 e. The highest BCUT2D eigenvalue weighted by atomic mass is 14.6. The molecular weight excluding hydrogens is 110 g/mol. The van der Waals surface area contributed by atoms with Gasteiger partial charge in [-0.2, -0.15) is 0 Å². The Balaban J connectivity index is 2.45. The first-order valence-electron chi connectivity index (χ1n) is 3.86. The second-order valence-electron chi connectivity index (χ2n) is 3.86. The summed E-state index contributed by atoms with van der Waals surface area (Å²) in [5, 5.41) is 0. The van der Waals surface area contributed by atoms with Gasteiger partial charge in [0, 0.05) is 0 Å². The lowest BCUT2D eigenvalue weighted by atomic mass is 9.88. The van der Waals surface area contributed by atoms with Crippen LogP contribution >= 0.6 is 0 Å². The first kappa shape index (κ1) is 7.07. The molecule has 1 aliphatic rings. The van der Waals surface area contributed by atoms with Crippen LogP contribution in [-0.2, 0) is 0 Å². The van der Waals surface area contributed by atoms with Crippen LogP contribution in [0, 0.1) is 11.3 Å². The van der Waals surface area contributed by atoms with Gasteiger partial charge in [0.25, 0.3) is 0 Å². The van der Waals surface area contributed by atoms with Gasteiger partial charge < -0.3 is 5.73 Å². The molecule has 0 amide bonds. The first-order chi connectivity index (χ1) is 4.16. The summed E-state index contributed by atoms with van der Waals surface area (Å²) >= 11 is 0. The molecule has 0 aromatic carbocycles. The van der Waals surface area contributed by atoms with Gasteiger partial charge in [-0.15, -0.1) is 0 Å². The molecule has 2 atom stereocenters. The Hall–Kier alpha value is -0.0400. The van der Waals surface area contributed by atoms with Crippen LogP contribution in [0.4, 0.5) is 0 Å². The van der Waals surface area contributed by atoms with E-state index in [2.05, 4.69) is 13.8 Å². The van der Waals surface area contributed by atoms with E-state index in [1.54, 1.807) is 0 Å². The Morgan fingerprint density at radius 3 is 2.56 bits per heavy atom. The van der Waals surface area contributed by atoms with Gasteiger partial charge in [-0.1, -0.05) is 20.3 Å². The van der Waals surface area contributed by atoms with Crippen LogP contribution in [-0.4, -0.2) is 6.54 Å². The fourth-order valence-corrected chi connectivity index (χ4v) is 1.83. The molecule has 0 heterocycles. The van der Waals surface area contributed by atoms with Crippen LogP contribution in [0.25, 0.3) is 0 Å². The standard InChI is InChI=1S/C8H17N/c1-7-3-4-8(2,5-7)6-9/h7H,3-6,9H2,1-2H3/t7-,8-/m1/s1. The van der Waals surface area contributed by atoms with E-state index in [9.17, 15) is 0 Å². The van der Waals surface area contributed by atoms with Crippen LogP contribution in [0.5, 0.6) is 0 Å². The Morgan fingerprint density at radius 2 is 2.33 bits per heavy atom. The number of hydrogen-bond acceptors (Lipinski definition) is 1. The molecule has 0 aliphatic heterocycles. The topological polar surface area (TPSA) is 26.0 Å². The van der Waals surface area contributed by atoms with Crippen molar-refractivity contribution in [1.29, 1.82) is 0 Å². The molecular formula is C8H17N. The molecule has 9 heavy (non-hydrogen) atoms. The molecule has 0 spiro atoms. The number of hydrogen-bond donors (Lipinski definition) is 1. The summed E-state index contributed by atoms with van der Waals surface area (Å²) in [6.07, 6.45) is 4.06. The summed E-state index contributed by atoms with van der Waals surface area (Å²) in [4.78, 5) is 0. The summed E-state index contributed by atoms with van der Waals surface area (Å²) in [7, 11) is 0. The Labute approximate surface area is 57.6 Å². The normalized spacial score (nSPS) is 43.7. The highest BCUT2D eigenvalue weighted by molar-refractivity contribution is 4.84. The van der Waals surface area contributed by atoms with E-state index in [-0.39, 0.29) is 0 Å². The van der Waals surface area contributed by atoms with E-state index in [0.29, 0.717) is 5.41 Å². The third-order valence-corrected chi connectivity index (χ3v) is 2.57. The van der Waals surface area contributed by atoms with Crippen molar-refractivity contribution in [3.63, 3.8) is 0 Å². The minimum absolute atomic E-state index is 0.486. The zero-order valence-electron chi connectivity index (χ0n) is 6.48. The van der Waals surface area contributed by atoms with Crippen LogP contribution in [0.15, 0.2) is 0 Å². The van der Waals surface area contributed by atoms with Gasteiger partial charge in [0.15, 0.2) is 0 Å². The van der Waals surface area contributed by atoms with Crippen LogP contribution in [0.2, 0.25) is 0 Å². The lowest BCUT2D eigenvalue weighted by Gasteiger charge is -2.20. The molecule has 54 valence electrons. The number of rotatable bonds is 1. The number of nitrogens with two attached hydrogens (primary N) is 1. The van der Waals surface area contributed by atoms with Gasteiger partial charge in [-0.05, 0) is 30.7 Å². The van der Waals surface area contributed by atoms with E-state index in [1.165, 1.54) is 19.3 Å². The largest absolute Gasteiger partial charge is 0.330 e. The molecule has 0 aromatic rings. The quantitative estimate of drug-likeness (QED) is 0.570. The van der Waals surface area contributed by atoms with Gasteiger partial charge in [0.05, 0.1) is 0 Å². The van der Waals surface area contributed by atoms with Crippen molar-refractivity contribution in [1.82, 2.24) is 0 Å². The third-order valence-electron chi connectivity index (χ3n) is 2.57. The first-order valence-corrected chi connectivity index (χ1v) is 3.86. The highest BCUT2D eigenvalue weighted by Crippen LogP contribution is 2.39. The van der Waals surface area contributed by atoms with Crippen molar-refractivity contribution < 1.29 is 0 Å². The Morgan fingerprint density at radius 1 is 1.67 bits per heavy atom. The molecule has 0 unspecified atom stereocenters. The molecule has 1 saturated carbocycles. The average Bonchev–Trinajstić information content (AvgIpc) is 2.13. The fraction of sp³-hybridized carbons (Fsp3) is 1.00. The highest BCUT2D eigenvalue weighted by Gasteiger charge is 2.31. The smallest absolute Gasteiger partial charge is 0.00231 e. The van der Waals surface area contributed by atoms with Crippen molar-refractivity contribution in [2.24, 2.45) is 17.1 Å². The maximum absolute atomic E-state index is 5.63. The predicted octanol–water partition coefficient (Wildman–Crippen LogP) is 1.77. The van der Waals surface area contributed by atoms with Gasteiger partial charge in [-0.25, -0.2) is 0 Å². The van der Waals surface area contributed by atoms with E-state index >= 15 is 0 Å². The Bertz CT molecular complexity index is 101. The molecule has 0 bridgehead atoms. The molecule has 1 aliphatic carbocycles. The monoisotopic (exact) mass is 127 g/mol. The minimum atomic E-state index is 0.486. The molecule has 1 nitrogen and oxygen atoms in total. The molecule has 0 radical (unpaired) electrons. The van der Waals surface area contributed by atoms with Gasteiger partial charge in [0.2, 0.25) is 0 Å². The van der Waals surface area contributed by atoms with Crippen LogP contribution in [0.3, 0.4) is 0 Å². The van der Waals surface area contributed by atoms with Crippen molar-refractivity contribution in [3.05, 3.63) is 0 Å². The van der Waals surface area contributed by atoms with Crippen molar-refractivity contribution in [3.8, 4) is 0 Å². The van der Waals surface area contributed by atoms with Gasteiger partial charge in [0.1, 0.15) is 0 Å². The molecule has 1 fully saturated rings. The second kappa shape index (κ2) is 2.30. The lowest BCUT2D eigenvalue weighted by molar-refractivity contribution is 0.337. The van der Waals surface area contributed by atoms with E-state index in [1.807, 2.05) is 0 Å². The summed E-state index contributed by atoms with van der Waals surface area (Å²) in [5.41, 5.74) is 6.12. The SMILES string of the molecule is C[C@@H]1CC[C@@](C)(CN)C1. The lowest BCUT2D eigenvalue weighted by Crippen LogP contribution is -2.23. The van der Waals surface area contributed by atoms with E-state index < -0.39 is 0 Å². The van der Waals surface area contributed by atoms with Gasteiger partial charge >= 0.3 is 0 Å². The van der Waals surface area contributed by atoms with Gasteiger partial charge in [-0.3, -0.25) is 0 Å². The summed E-state index contributed by atoms with van der Waals surface area (Å²) in [5.74, 6) is 0.915. The van der Waals surface area contributed by atoms with Crippen LogP contribution in [0.1, 0.15) is 33.1 Å². The average molecular weight is 127 g/mol. The third kappa shape index (κ3) is 1.45. The molecule has 0 aromatic heterocycles. The zero-order valence-corrected chi connectivity index (χ0v) is 6.48. The van der Waals surface area contributed by atoms with E-state index in [0.717, 1.165) is 12.5 Å². The molecule has 2 N–H and O–H groups in total. The molecule has 1 rings (SSSR count). The maximum atomic E-state index is 5.63. The summed E-state index contributed by atoms with van der Waals surface area (Å²) in [6.45, 7) is 5.49. The molecule has 1 heteroatoms. The Kier molecular flexibility index (Phi) is 1.80. The van der Waals surface area contributed by atoms with Crippen molar-refractivity contribution in [2.75, 3.05) is 6.54 Å². The molecule has 0 saturated heterocycles.